The Morgan fingerprint density at radius 3 is 2.76 bits per heavy atom. The maximum atomic E-state index is 3.70. The van der Waals surface area contributed by atoms with Crippen LogP contribution in [0.25, 0.3) is 11.6 Å². The van der Waals surface area contributed by atoms with E-state index >= 15 is 0 Å². The van der Waals surface area contributed by atoms with E-state index in [1.165, 1.54) is 53.8 Å². The van der Waals surface area contributed by atoms with E-state index in [0.717, 1.165) is 0 Å². The van der Waals surface area contributed by atoms with E-state index in [-0.39, 0.29) is 0 Å². The summed E-state index contributed by atoms with van der Waals surface area (Å²) in [7, 11) is 0. The fraction of sp³-hybridized carbons (Fsp3) is 0.400. The van der Waals surface area contributed by atoms with E-state index in [1.54, 1.807) is 5.57 Å². The summed E-state index contributed by atoms with van der Waals surface area (Å²) in [5.74, 6) is 1.20. The molecule has 0 radical (unpaired) electrons. The molecule has 0 amide bonds. The van der Waals surface area contributed by atoms with Crippen molar-refractivity contribution in [1.29, 1.82) is 0 Å². The third kappa shape index (κ3) is 1.98. The van der Waals surface area contributed by atoms with E-state index in [1.807, 2.05) is 0 Å². The van der Waals surface area contributed by atoms with Crippen molar-refractivity contribution in [3.63, 3.8) is 0 Å². The van der Waals surface area contributed by atoms with Crippen molar-refractivity contribution in [2.24, 2.45) is 11.8 Å². The number of nitrogens with one attached hydrogen (secondary N) is 1. The summed E-state index contributed by atoms with van der Waals surface area (Å²) in [5, 5.41) is 0. The van der Waals surface area contributed by atoms with Gasteiger partial charge in [0.2, 0.25) is 0 Å². The van der Waals surface area contributed by atoms with Gasteiger partial charge in [-0.15, -0.1) is 0 Å². The zero-order valence-corrected chi connectivity index (χ0v) is 12.9. The van der Waals surface area contributed by atoms with Crippen molar-refractivity contribution in [3.05, 3.63) is 58.5 Å². The molecule has 0 spiro atoms. The van der Waals surface area contributed by atoms with Crippen molar-refractivity contribution in [2.75, 3.05) is 0 Å². The van der Waals surface area contributed by atoms with Gasteiger partial charge in [0.1, 0.15) is 0 Å². The van der Waals surface area contributed by atoms with Crippen LogP contribution in [-0.4, -0.2) is 4.98 Å². The molecule has 0 fully saturated rings. The predicted molar refractivity (Wildman–Crippen MR) is 90.0 cm³/mol. The molecule has 1 N–H and O–H groups in total. The van der Waals surface area contributed by atoms with E-state index in [9.17, 15) is 0 Å². The molecule has 4 rings (SSSR count). The van der Waals surface area contributed by atoms with Crippen LogP contribution < -0.4 is 0 Å². The van der Waals surface area contributed by atoms with Crippen LogP contribution in [0.1, 0.15) is 49.2 Å². The molecular weight excluding hydrogens is 254 g/mol. The normalized spacial score (nSPS) is 27.0. The Hall–Kier alpha value is -1.76. The summed E-state index contributed by atoms with van der Waals surface area (Å²) < 4.78 is 0. The molecule has 3 aliphatic rings. The quantitative estimate of drug-likeness (QED) is 0.737. The minimum Gasteiger partial charge on any atom is -0.361 e. The van der Waals surface area contributed by atoms with Crippen LogP contribution >= 0.6 is 0 Å². The van der Waals surface area contributed by atoms with Crippen molar-refractivity contribution < 1.29 is 0 Å². The fourth-order valence-electron chi connectivity index (χ4n) is 4.23. The third-order valence-corrected chi connectivity index (χ3v) is 5.36. The lowest BCUT2D eigenvalue weighted by Gasteiger charge is -2.29. The van der Waals surface area contributed by atoms with E-state index in [0.29, 0.717) is 11.8 Å². The van der Waals surface area contributed by atoms with Gasteiger partial charge in [-0.3, -0.25) is 0 Å². The molecular formula is C20H23N. The summed E-state index contributed by atoms with van der Waals surface area (Å²) in [6.45, 7) is 4.68. The van der Waals surface area contributed by atoms with Gasteiger partial charge in [-0.05, 0) is 44.1 Å². The molecule has 1 nitrogen and oxygen atoms in total. The predicted octanol–water partition coefficient (Wildman–Crippen LogP) is 5.07. The molecule has 1 aromatic rings. The Labute approximate surface area is 127 Å². The molecule has 0 bridgehead atoms. The molecule has 3 aliphatic carbocycles. The van der Waals surface area contributed by atoms with Crippen LogP contribution in [0.3, 0.4) is 0 Å². The van der Waals surface area contributed by atoms with Gasteiger partial charge < -0.3 is 4.98 Å². The Bertz CT molecular complexity index is 694. The molecule has 21 heavy (non-hydrogen) atoms. The largest absolute Gasteiger partial charge is 0.361 e. The molecule has 1 aromatic heterocycles. The number of rotatable bonds is 1. The van der Waals surface area contributed by atoms with Crippen molar-refractivity contribution >= 4 is 11.6 Å². The van der Waals surface area contributed by atoms with Gasteiger partial charge >= 0.3 is 0 Å². The summed E-state index contributed by atoms with van der Waals surface area (Å²) in [4.78, 5) is 3.70. The highest BCUT2D eigenvalue weighted by molar-refractivity contribution is 5.81. The second-order valence-corrected chi connectivity index (χ2v) is 6.62. The first-order valence-corrected chi connectivity index (χ1v) is 8.21. The van der Waals surface area contributed by atoms with Gasteiger partial charge in [-0.25, -0.2) is 0 Å². The number of aromatic amines is 1. The first-order chi connectivity index (χ1) is 10.3. The minimum atomic E-state index is 0.585. The molecule has 1 heterocycles. The van der Waals surface area contributed by atoms with Crippen LogP contribution in [-0.2, 0) is 12.8 Å². The lowest BCUT2D eigenvalue weighted by atomic mass is 9.75. The second kappa shape index (κ2) is 4.91. The minimum absolute atomic E-state index is 0.585. The molecule has 0 saturated heterocycles. The molecule has 0 saturated carbocycles. The summed E-state index contributed by atoms with van der Waals surface area (Å²) in [6.07, 6.45) is 18.5. The number of hydrogen-bond acceptors (Lipinski definition) is 0. The molecule has 0 aromatic carbocycles. The molecule has 2 unspecified atom stereocenters. The highest BCUT2D eigenvalue weighted by Gasteiger charge is 2.28. The molecule has 0 aliphatic heterocycles. The highest BCUT2D eigenvalue weighted by Crippen LogP contribution is 2.42. The van der Waals surface area contributed by atoms with E-state index < -0.39 is 0 Å². The number of H-pyrrole nitrogens is 1. The number of allylic oxidation sites excluding steroid dienone is 7. The molecule has 108 valence electrons. The smallest absolute Gasteiger partial charge is 0.0234 e. The number of fused-ring (bicyclic) bond motifs is 3. The van der Waals surface area contributed by atoms with Crippen molar-refractivity contribution in [1.82, 2.24) is 4.98 Å². The van der Waals surface area contributed by atoms with Crippen molar-refractivity contribution in [2.45, 2.75) is 39.5 Å². The average Bonchev–Trinajstić information content (AvgIpc) is 2.88. The van der Waals surface area contributed by atoms with Gasteiger partial charge in [0.15, 0.2) is 0 Å². The summed E-state index contributed by atoms with van der Waals surface area (Å²) >= 11 is 0. The lowest BCUT2D eigenvalue weighted by molar-refractivity contribution is 0.554. The van der Waals surface area contributed by atoms with Gasteiger partial charge in [0.25, 0.3) is 0 Å². The first-order valence-electron chi connectivity index (χ1n) is 8.21. The Balaban J connectivity index is 1.82. The van der Waals surface area contributed by atoms with E-state index in [4.69, 9.17) is 0 Å². The molecule has 1 heteroatoms. The van der Waals surface area contributed by atoms with Crippen molar-refractivity contribution in [3.8, 4) is 0 Å². The van der Waals surface area contributed by atoms with E-state index in [2.05, 4.69) is 55.3 Å². The second-order valence-electron chi connectivity index (χ2n) is 6.62. The zero-order chi connectivity index (χ0) is 14.4. The number of aryl methyl sites for hydroxylation is 2. The van der Waals surface area contributed by atoms with Gasteiger partial charge in [-0.1, -0.05) is 49.0 Å². The van der Waals surface area contributed by atoms with Crippen LogP contribution in [0.2, 0.25) is 0 Å². The van der Waals surface area contributed by atoms with Crippen LogP contribution in [0, 0.1) is 11.8 Å². The lowest BCUT2D eigenvalue weighted by Crippen LogP contribution is -2.17. The van der Waals surface area contributed by atoms with Gasteiger partial charge in [-0.2, -0.15) is 0 Å². The van der Waals surface area contributed by atoms with Crippen LogP contribution in [0.4, 0.5) is 0 Å². The fourth-order valence-corrected chi connectivity index (χ4v) is 4.23. The van der Waals surface area contributed by atoms with Gasteiger partial charge in [0.05, 0.1) is 0 Å². The standard InChI is InChI=1S/C20H23N/c1-13-7-3-4-8-15(13)16-11-12-19-20(14(16)2)17-9-5-6-10-18(17)21-19/h3-5,7-9,13,15,21H,6,10-12H2,1-2H3. The van der Waals surface area contributed by atoms with Gasteiger partial charge in [0, 0.05) is 28.4 Å². The molecule has 2 atom stereocenters. The monoisotopic (exact) mass is 277 g/mol. The average molecular weight is 277 g/mol. The number of aromatic nitrogens is 1. The maximum absolute atomic E-state index is 3.70. The summed E-state index contributed by atoms with van der Waals surface area (Å²) in [6, 6.07) is 0. The van der Waals surface area contributed by atoms with Crippen LogP contribution in [0.5, 0.6) is 0 Å². The maximum Gasteiger partial charge on any atom is 0.0234 e. The topological polar surface area (TPSA) is 15.8 Å². The SMILES string of the molecule is CC1=C(C2C=CC=CC2C)CCc2[nH]c3c(c21)C=CCC3. The van der Waals surface area contributed by atoms with Crippen LogP contribution in [0.15, 0.2) is 36.0 Å². The first kappa shape index (κ1) is 12.9. The Morgan fingerprint density at radius 1 is 1.05 bits per heavy atom. The summed E-state index contributed by atoms with van der Waals surface area (Å²) in [5.41, 5.74) is 9.07. The zero-order valence-electron chi connectivity index (χ0n) is 12.9. The Kier molecular flexibility index (Phi) is 3.02. The number of hydrogen-bond donors (Lipinski definition) is 1. The highest BCUT2D eigenvalue weighted by atomic mass is 14.7. The third-order valence-electron chi connectivity index (χ3n) is 5.36. The Morgan fingerprint density at radius 2 is 1.90 bits per heavy atom.